The Kier molecular flexibility index (Phi) is 5.36. The van der Waals surface area contributed by atoms with E-state index in [4.69, 9.17) is 9.97 Å². The zero-order valence-corrected chi connectivity index (χ0v) is 19.9. The predicted octanol–water partition coefficient (Wildman–Crippen LogP) is 3.40. The summed E-state index contributed by atoms with van der Waals surface area (Å²) < 4.78 is 3.70. The van der Waals surface area contributed by atoms with Gasteiger partial charge in [0.25, 0.3) is 0 Å². The third kappa shape index (κ3) is 4.09. The molecule has 0 aliphatic carbocycles. The standard InChI is InChI=1S/C26H27N9/c1-19(20-6-4-3-5-7-20)22-13-27-26(28-14-22)34-10-8-33(9-11-34)25-24-12-21(17-35(24)31-18-29-25)23-15-30-32(2)16-23/h3-7,12-19H,8-11H2,1-2H3/t19-/m1/s1. The molecule has 5 heterocycles. The van der Waals surface area contributed by atoms with Crippen molar-refractivity contribution >= 4 is 17.3 Å². The molecular weight excluding hydrogens is 438 g/mol. The van der Waals surface area contributed by atoms with E-state index < -0.39 is 0 Å². The predicted molar refractivity (Wildman–Crippen MR) is 136 cm³/mol. The molecule has 0 spiro atoms. The lowest BCUT2D eigenvalue weighted by Gasteiger charge is -2.35. The van der Waals surface area contributed by atoms with Crippen LogP contribution in [0.3, 0.4) is 0 Å². The lowest BCUT2D eigenvalue weighted by atomic mass is 9.96. The van der Waals surface area contributed by atoms with Crippen LogP contribution in [0.15, 0.2) is 73.7 Å². The van der Waals surface area contributed by atoms with Crippen LogP contribution in [-0.2, 0) is 7.05 Å². The summed E-state index contributed by atoms with van der Waals surface area (Å²) >= 11 is 0. The molecule has 9 nitrogen and oxygen atoms in total. The molecule has 9 heteroatoms. The van der Waals surface area contributed by atoms with Gasteiger partial charge in [0, 0.05) is 75.1 Å². The van der Waals surface area contributed by atoms with E-state index in [0.29, 0.717) is 0 Å². The fourth-order valence-corrected chi connectivity index (χ4v) is 4.66. The first-order chi connectivity index (χ1) is 17.2. The number of fused-ring (bicyclic) bond motifs is 1. The molecule has 1 fully saturated rings. The van der Waals surface area contributed by atoms with Crippen LogP contribution in [-0.4, -0.2) is 60.5 Å². The van der Waals surface area contributed by atoms with Gasteiger partial charge in [-0.2, -0.15) is 10.2 Å². The SMILES string of the molecule is C[C@H](c1ccccc1)c1cnc(N2CCN(c3ncnn4cc(-c5cnn(C)c5)cc34)CC2)nc1. The van der Waals surface area contributed by atoms with Gasteiger partial charge in [0.1, 0.15) is 11.8 Å². The second-order valence-corrected chi connectivity index (χ2v) is 8.97. The molecular formula is C26H27N9. The molecule has 1 aromatic carbocycles. The summed E-state index contributed by atoms with van der Waals surface area (Å²) in [6.45, 7) is 5.54. The molecule has 1 atom stereocenters. The minimum Gasteiger partial charge on any atom is -0.351 e. The number of aromatic nitrogens is 7. The number of hydrogen-bond donors (Lipinski definition) is 0. The normalized spacial score (nSPS) is 15.0. The third-order valence-electron chi connectivity index (χ3n) is 6.74. The van der Waals surface area contributed by atoms with Crippen molar-refractivity contribution in [1.29, 1.82) is 0 Å². The number of anilines is 2. The van der Waals surface area contributed by atoms with Gasteiger partial charge in [0.05, 0.1) is 6.20 Å². The van der Waals surface area contributed by atoms with Crippen LogP contribution >= 0.6 is 0 Å². The zero-order valence-electron chi connectivity index (χ0n) is 19.9. The van der Waals surface area contributed by atoms with Crippen LogP contribution < -0.4 is 9.80 Å². The quantitative estimate of drug-likeness (QED) is 0.394. The van der Waals surface area contributed by atoms with Gasteiger partial charge in [0.2, 0.25) is 5.95 Å². The van der Waals surface area contributed by atoms with Crippen molar-refractivity contribution in [1.82, 2.24) is 34.3 Å². The maximum Gasteiger partial charge on any atom is 0.225 e. The molecule has 0 saturated carbocycles. The molecule has 0 radical (unpaired) electrons. The molecule has 0 bridgehead atoms. The number of nitrogens with zero attached hydrogens (tertiary/aromatic N) is 9. The summed E-state index contributed by atoms with van der Waals surface area (Å²) in [5.41, 5.74) is 5.54. The molecule has 35 heavy (non-hydrogen) atoms. The van der Waals surface area contributed by atoms with Crippen LogP contribution in [0.4, 0.5) is 11.8 Å². The summed E-state index contributed by atoms with van der Waals surface area (Å²) in [5.74, 6) is 1.99. The van der Waals surface area contributed by atoms with E-state index in [1.54, 1.807) is 11.0 Å². The Balaban J connectivity index is 1.16. The summed E-state index contributed by atoms with van der Waals surface area (Å²) in [5, 5.41) is 8.70. The Labute approximate surface area is 203 Å². The molecule has 6 rings (SSSR count). The summed E-state index contributed by atoms with van der Waals surface area (Å²) in [6, 6.07) is 12.6. The van der Waals surface area contributed by atoms with E-state index in [1.165, 1.54) is 5.56 Å². The fourth-order valence-electron chi connectivity index (χ4n) is 4.66. The van der Waals surface area contributed by atoms with Gasteiger partial charge in [-0.05, 0) is 17.2 Å². The first-order valence-corrected chi connectivity index (χ1v) is 11.8. The first-order valence-electron chi connectivity index (χ1n) is 11.8. The Hall–Kier alpha value is -4.27. The average Bonchev–Trinajstić information content (AvgIpc) is 3.55. The maximum absolute atomic E-state index is 4.69. The zero-order chi connectivity index (χ0) is 23.8. The summed E-state index contributed by atoms with van der Waals surface area (Å²) in [4.78, 5) is 18.6. The van der Waals surface area contributed by atoms with Gasteiger partial charge >= 0.3 is 0 Å². The van der Waals surface area contributed by atoms with Crippen LogP contribution in [0.25, 0.3) is 16.6 Å². The van der Waals surface area contributed by atoms with Gasteiger partial charge in [-0.1, -0.05) is 37.3 Å². The second kappa shape index (κ2) is 8.83. The highest BCUT2D eigenvalue weighted by Gasteiger charge is 2.23. The van der Waals surface area contributed by atoms with Crippen molar-refractivity contribution in [3.63, 3.8) is 0 Å². The van der Waals surface area contributed by atoms with Gasteiger partial charge < -0.3 is 9.80 Å². The van der Waals surface area contributed by atoms with E-state index in [9.17, 15) is 0 Å². The van der Waals surface area contributed by atoms with Gasteiger partial charge in [0.15, 0.2) is 5.82 Å². The van der Waals surface area contributed by atoms with Crippen LogP contribution in [0, 0.1) is 0 Å². The molecule has 4 aromatic heterocycles. The van der Waals surface area contributed by atoms with Gasteiger partial charge in [-0.15, -0.1) is 0 Å². The van der Waals surface area contributed by atoms with Gasteiger partial charge in [-0.3, -0.25) is 4.68 Å². The van der Waals surface area contributed by atoms with E-state index in [-0.39, 0.29) is 5.92 Å². The highest BCUT2D eigenvalue weighted by molar-refractivity contribution is 5.77. The monoisotopic (exact) mass is 465 g/mol. The second-order valence-electron chi connectivity index (χ2n) is 8.97. The minimum atomic E-state index is 0.265. The van der Waals surface area contributed by atoms with Crippen molar-refractivity contribution in [3.05, 3.63) is 84.8 Å². The van der Waals surface area contributed by atoms with Crippen LogP contribution in [0.1, 0.15) is 24.0 Å². The number of benzene rings is 1. The Bertz CT molecular complexity index is 1430. The van der Waals surface area contributed by atoms with Crippen LogP contribution in [0.2, 0.25) is 0 Å². The first kappa shape index (κ1) is 21.3. The van der Waals surface area contributed by atoms with Crippen molar-refractivity contribution in [2.45, 2.75) is 12.8 Å². The molecule has 1 aliphatic rings. The van der Waals surface area contributed by atoms with E-state index >= 15 is 0 Å². The van der Waals surface area contributed by atoms with Crippen molar-refractivity contribution < 1.29 is 0 Å². The highest BCUT2D eigenvalue weighted by atomic mass is 15.4. The fraction of sp³-hybridized carbons (Fsp3) is 0.269. The maximum atomic E-state index is 4.69. The van der Waals surface area contributed by atoms with Crippen LogP contribution in [0.5, 0.6) is 0 Å². The minimum absolute atomic E-state index is 0.265. The largest absolute Gasteiger partial charge is 0.351 e. The topological polar surface area (TPSA) is 80.3 Å². The van der Waals surface area contributed by atoms with E-state index in [0.717, 1.165) is 60.2 Å². The lowest BCUT2D eigenvalue weighted by Crippen LogP contribution is -2.47. The molecule has 1 aliphatic heterocycles. The molecule has 1 saturated heterocycles. The molecule has 5 aromatic rings. The molecule has 0 amide bonds. The smallest absolute Gasteiger partial charge is 0.225 e. The van der Waals surface area contributed by atoms with Crippen molar-refractivity contribution in [3.8, 4) is 11.1 Å². The highest BCUT2D eigenvalue weighted by Crippen LogP contribution is 2.28. The number of rotatable bonds is 5. The van der Waals surface area contributed by atoms with Crippen molar-refractivity contribution in [2.24, 2.45) is 7.05 Å². The molecule has 176 valence electrons. The molecule has 0 N–H and O–H groups in total. The Morgan fingerprint density at radius 1 is 0.771 bits per heavy atom. The van der Waals surface area contributed by atoms with E-state index in [2.05, 4.69) is 62.2 Å². The number of aryl methyl sites for hydroxylation is 1. The average molecular weight is 466 g/mol. The van der Waals surface area contributed by atoms with E-state index in [1.807, 2.05) is 48.6 Å². The molecule has 0 unspecified atom stereocenters. The summed E-state index contributed by atoms with van der Waals surface area (Å²) in [6.07, 6.45) is 11.4. The van der Waals surface area contributed by atoms with Crippen molar-refractivity contribution in [2.75, 3.05) is 36.0 Å². The Morgan fingerprint density at radius 2 is 1.51 bits per heavy atom. The number of hydrogen-bond acceptors (Lipinski definition) is 7. The lowest BCUT2D eigenvalue weighted by molar-refractivity contribution is 0.632. The van der Waals surface area contributed by atoms with Gasteiger partial charge in [-0.25, -0.2) is 19.5 Å². The Morgan fingerprint density at radius 3 is 2.23 bits per heavy atom. The summed E-state index contributed by atoms with van der Waals surface area (Å²) in [7, 11) is 1.92. The number of piperazine rings is 1. The third-order valence-corrected chi connectivity index (χ3v) is 6.74.